The van der Waals surface area contributed by atoms with Crippen LogP contribution in [0.1, 0.15) is 81.8 Å². The Labute approximate surface area is 149 Å². The number of rotatable bonds is 11. The van der Waals surface area contributed by atoms with Crippen molar-refractivity contribution < 1.29 is 4.74 Å². The molecule has 1 aliphatic rings. The highest BCUT2D eigenvalue weighted by Crippen LogP contribution is 2.36. The van der Waals surface area contributed by atoms with Gasteiger partial charge in [0.05, 0.1) is 6.61 Å². The zero-order valence-electron chi connectivity index (χ0n) is 15.6. The van der Waals surface area contributed by atoms with Gasteiger partial charge in [0, 0.05) is 6.61 Å². The lowest BCUT2D eigenvalue weighted by Crippen LogP contribution is -2.18. The lowest BCUT2D eigenvalue weighted by molar-refractivity contribution is 0.102. The van der Waals surface area contributed by atoms with Gasteiger partial charge in [0.15, 0.2) is 0 Å². The molecule has 0 heterocycles. The van der Waals surface area contributed by atoms with Crippen molar-refractivity contribution in [3.63, 3.8) is 0 Å². The Morgan fingerprint density at radius 1 is 1.00 bits per heavy atom. The molecule has 0 aromatic heterocycles. The van der Waals surface area contributed by atoms with Gasteiger partial charge < -0.3 is 4.74 Å². The van der Waals surface area contributed by atoms with Crippen molar-refractivity contribution >= 4 is 0 Å². The largest absolute Gasteiger partial charge is 0.377 e. The minimum absolute atomic E-state index is 0.694. The lowest BCUT2D eigenvalue weighted by atomic mass is 9.79. The van der Waals surface area contributed by atoms with E-state index in [1.54, 1.807) is 5.56 Å². The van der Waals surface area contributed by atoms with Crippen LogP contribution in [0.15, 0.2) is 36.9 Å². The Morgan fingerprint density at radius 3 is 2.38 bits per heavy atom. The summed E-state index contributed by atoms with van der Waals surface area (Å²) < 4.78 is 5.62. The molecule has 1 heteroatoms. The smallest absolute Gasteiger partial charge is 0.0644 e. The molecule has 0 unspecified atom stereocenters. The van der Waals surface area contributed by atoms with Crippen LogP contribution in [0.25, 0.3) is 0 Å². The number of aryl methyl sites for hydroxylation is 1. The normalized spacial score (nSPS) is 20.9. The molecular weight excluding hydrogens is 292 g/mol. The van der Waals surface area contributed by atoms with Crippen molar-refractivity contribution in [3.8, 4) is 0 Å². The third-order valence-electron chi connectivity index (χ3n) is 5.46. The third-order valence-corrected chi connectivity index (χ3v) is 5.46. The Morgan fingerprint density at radius 2 is 1.71 bits per heavy atom. The van der Waals surface area contributed by atoms with E-state index in [1.165, 1.54) is 69.8 Å². The standard InChI is InChI=1S/C23H36O/c1-3-5-6-7-8-9-20-10-14-22(15-11-20)23-16-12-21(13-17-23)19-24-18-4-2/h4,10-11,14-15,21,23H,2-3,5-9,12-13,16-19H2,1H3/t21-,23-. The maximum Gasteiger partial charge on any atom is 0.0644 e. The molecule has 134 valence electrons. The van der Waals surface area contributed by atoms with Crippen LogP contribution in [-0.4, -0.2) is 13.2 Å². The van der Waals surface area contributed by atoms with E-state index >= 15 is 0 Å². The van der Waals surface area contributed by atoms with Gasteiger partial charge >= 0.3 is 0 Å². The third kappa shape index (κ3) is 6.81. The van der Waals surface area contributed by atoms with Gasteiger partial charge in [0.25, 0.3) is 0 Å². The highest BCUT2D eigenvalue weighted by molar-refractivity contribution is 5.25. The van der Waals surface area contributed by atoms with E-state index in [2.05, 4.69) is 37.8 Å². The number of unbranched alkanes of at least 4 members (excludes halogenated alkanes) is 4. The molecule has 0 spiro atoms. The highest BCUT2D eigenvalue weighted by Gasteiger charge is 2.22. The van der Waals surface area contributed by atoms with Gasteiger partial charge in [-0.3, -0.25) is 0 Å². The van der Waals surface area contributed by atoms with Crippen LogP contribution >= 0.6 is 0 Å². The summed E-state index contributed by atoms with van der Waals surface area (Å²) in [5.74, 6) is 1.52. The van der Waals surface area contributed by atoms with E-state index in [-0.39, 0.29) is 0 Å². The Kier molecular flexibility index (Phi) is 9.20. The van der Waals surface area contributed by atoms with Crippen LogP contribution in [0, 0.1) is 5.92 Å². The van der Waals surface area contributed by atoms with Gasteiger partial charge in [0.2, 0.25) is 0 Å². The molecule has 0 atom stereocenters. The first-order valence-electron chi connectivity index (χ1n) is 10.1. The predicted octanol–water partition coefficient (Wildman–Crippen LogP) is 6.68. The summed E-state index contributed by atoms with van der Waals surface area (Å²) in [5, 5.41) is 0. The van der Waals surface area contributed by atoms with Crippen molar-refractivity contribution in [3.05, 3.63) is 48.0 Å². The summed E-state index contributed by atoms with van der Waals surface area (Å²) >= 11 is 0. The van der Waals surface area contributed by atoms with Gasteiger partial charge in [-0.05, 0) is 61.5 Å². The van der Waals surface area contributed by atoms with Crippen LogP contribution in [-0.2, 0) is 11.2 Å². The first kappa shape index (κ1) is 19.2. The summed E-state index contributed by atoms with van der Waals surface area (Å²) in [5.41, 5.74) is 3.07. The minimum atomic E-state index is 0.694. The molecule has 24 heavy (non-hydrogen) atoms. The van der Waals surface area contributed by atoms with E-state index < -0.39 is 0 Å². The van der Waals surface area contributed by atoms with Crippen molar-refractivity contribution in [1.82, 2.24) is 0 Å². The first-order valence-corrected chi connectivity index (χ1v) is 10.1. The van der Waals surface area contributed by atoms with Crippen molar-refractivity contribution in [2.45, 2.75) is 77.0 Å². The summed E-state index contributed by atoms with van der Waals surface area (Å²) in [6, 6.07) is 9.52. The monoisotopic (exact) mass is 328 g/mol. The average Bonchev–Trinajstić information content (AvgIpc) is 2.63. The topological polar surface area (TPSA) is 9.23 Å². The predicted molar refractivity (Wildman–Crippen MR) is 105 cm³/mol. The summed E-state index contributed by atoms with van der Waals surface area (Å²) in [7, 11) is 0. The zero-order chi connectivity index (χ0) is 17.0. The molecule has 0 radical (unpaired) electrons. The summed E-state index contributed by atoms with van der Waals surface area (Å²) in [4.78, 5) is 0. The molecule has 1 aromatic rings. The van der Waals surface area contributed by atoms with Gasteiger partial charge in [-0.2, -0.15) is 0 Å². The van der Waals surface area contributed by atoms with E-state index in [9.17, 15) is 0 Å². The highest BCUT2D eigenvalue weighted by atomic mass is 16.5. The SMILES string of the molecule is C=CCOC[C@H]1CC[C@H](c2ccc(CCCCCCC)cc2)CC1. The molecule has 1 aromatic carbocycles. The van der Waals surface area contributed by atoms with Gasteiger partial charge in [-0.15, -0.1) is 6.58 Å². The second kappa shape index (κ2) is 11.5. The molecule has 0 bridgehead atoms. The lowest BCUT2D eigenvalue weighted by Gasteiger charge is -2.28. The van der Waals surface area contributed by atoms with Gasteiger partial charge in [-0.25, -0.2) is 0 Å². The Balaban J connectivity index is 1.69. The Hall–Kier alpha value is -1.08. The fourth-order valence-electron chi connectivity index (χ4n) is 3.87. The molecule has 1 fully saturated rings. The fourth-order valence-corrected chi connectivity index (χ4v) is 3.87. The second-order valence-electron chi connectivity index (χ2n) is 7.45. The van der Waals surface area contributed by atoms with Crippen molar-refractivity contribution in [2.24, 2.45) is 5.92 Å². The number of hydrogen-bond acceptors (Lipinski definition) is 1. The van der Waals surface area contributed by atoms with Crippen molar-refractivity contribution in [2.75, 3.05) is 13.2 Å². The molecule has 0 amide bonds. The molecule has 2 rings (SSSR count). The first-order chi connectivity index (χ1) is 11.8. The molecular formula is C23H36O. The molecule has 0 aliphatic heterocycles. The van der Waals surface area contributed by atoms with E-state index in [1.807, 2.05) is 6.08 Å². The number of hydrogen-bond donors (Lipinski definition) is 0. The van der Waals surface area contributed by atoms with Crippen LogP contribution < -0.4 is 0 Å². The minimum Gasteiger partial charge on any atom is -0.377 e. The van der Waals surface area contributed by atoms with E-state index in [4.69, 9.17) is 4.74 Å². The quantitative estimate of drug-likeness (QED) is 0.325. The molecule has 0 N–H and O–H groups in total. The van der Waals surface area contributed by atoms with Crippen LogP contribution in [0.2, 0.25) is 0 Å². The van der Waals surface area contributed by atoms with Crippen LogP contribution in [0.4, 0.5) is 0 Å². The summed E-state index contributed by atoms with van der Waals surface area (Å²) in [6.07, 6.45) is 15.2. The zero-order valence-corrected chi connectivity index (χ0v) is 15.6. The van der Waals surface area contributed by atoms with Gasteiger partial charge in [-0.1, -0.05) is 62.9 Å². The molecule has 0 saturated heterocycles. The Bertz CT molecular complexity index is 440. The fraction of sp³-hybridized carbons (Fsp3) is 0.652. The van der Waals surface area contributed by atoms with Crippen LogP contribution in [0.3, 0.4) is 0 Å². The molecule has 1 saturated carbocycles. The number of benzene rings is 1. The van der Waals surface area contributed by atoms with Crippen molar-refractivity contribution in [1.29, 1.82) is 0 Å². The molecule has 1 nitrogen and oxygen atoms in total. The second-order valence-corrected chi connectivity index (χ2v) is 7.45. The average molecular weight is 329 g/mol. The summed E-state index contributed by atoms with van der Waals surface area (Å²) in [6.45, 7) is 7.59. The van der Waals surface area contributed by atoms with Gasteiger partial charge in [0.1, 0.15) is 0 Å². The van der Waals surface area contributed by atoms with Crippen LogP contribution in [0.5, 0.6) is 0 Å². The molecule has 1 aliphatic carbocycles. The maximum absolute atomic E-state index is 5.62. The van der Waals surface area contributed by atoms with E-state index in [0.717, 1.165) is 18.4 Å². The number of ether oxygens (including phenoxy) is 1. The maximum atomic E-state index is 5.62. The van der Waals surface area contributed by atoms with E-state index in [0.29, 0.717) is 6.61 Å².